The van der Waals surface area contributed by atoms with E-state index >= 15 is 0 Å². The van der Waals surface area contributed by atoms with E-state index in [0.29, 0.717) is 31.0 Å². The van der Waals surface area contributed by atoms with Crippen LogP contribution >= 0.6 is 0 Å². The summed E-state index contributed by atoms with van der Waals surface area (Å²) >= 11 is 0. The van der Waals surface area contributed by atoms with Crippen LogP contribution in [0.2, 0.25) is 0 Å². The normalized spacial score (nSPS) is 14.0. The number of carbonyl (C=O) groups excluding carboxylic acids is 1. The second-order valence-corrected chi connectivity index (χ2v) is 6.15. The topological polar surface area (TPSA) is 47.4 Å². The van der Waals surface area contributed by atoms with E-state index in [2.05, 4.69) is 16.6 Å². The van der Waals surface area contributed by atoms with Gasteiger partial charge in [0.15, 0.2) is 0 Å². The van der Waals surface area contributed by atoms with Crippen LogP contribution in [-0.4, -0.2) is 33.3 Å². The zero-order valence-corrected chi connectivity index (χ0v) is 14.6. The Bertz CT molecular complexity index is 797. The number of fused-ring (bicyclic) bond motifs is 1. The number of nitrogens with zero attached hydrogens (tertiary/aromatic N) is 3. The molecule has 1 aromatic heterocycles. The number of hydrogen-bond acceptors (Lipinski definition) is 3. The van der Waals surface area contributed by atoms with Crippen LogP contribution in [-0.2, 0) is 13.1 Å². The van der Waals surface area contributed by atoms with E-state index in [-0.39, 0.29) is 11.7 Å². The third kappa shape index (κ3) is 3.54. The fraction of sp³-hybridized carbons (Fsp3) is 0.444. The van der Waals surface area contributed by atoms with E-state index in [4.69, 9.17) is 0 Å². The molecule has 8 heteroatoms. The van der Waals surface area contributed by atoms with Gasteiger partial charge in [0.05, 0.1) is 18.1 Å². The minimum absolute atomic E-state index is 0.101. The zero-order chi connectivity index (χ0) is 18.9. The van der Waals surface area contributed by atoms with Gasteiger partial charge in [-0.1, -0.05) is 20.3 Å². The van der Waals surface area contributed by atoms with Crippen molar-refractivity contribution in [2.45, 2.75) is 46.1 Å². The zero-order valence-electron chi connectivity index (χ0n) is 14.6. The van der Waals surface area contributed by atoms with Crippen LogP contribution < -0.4 is 4.74 Å². The summed E-state index contributed by atoms with van der Waals surface area (Å²) < 4.78 is 42.7. The second-order valence-electron chi connectivity index (χ2n) is 6.15. The average molecular weight is 367 g/mol. The first-order valence-corrected chi connectivity index (χ1v) is 8.59. The fourth-order valence-electron chi connectivity index (χ4n) is 3.08. The molecule has 0 atom stereocenters. The number of aryl methyl sites for hydroxylation is 1. The molecule has 1 aliphatic heterocycles. The maximum atomic E-state index is 12.5. The summed E-state index contributed by atoms with van der Waals surface area (Å²) in [6.45, 7) is 5.07. The van der Waals surface area contributed by atoms with Crippen molar-refractivity contribution in [2.24, 2.45) is 0 Å². The lowest BCUT2D eigenvalue weighted by Crippen LogP contribution is -2.26. The van der Waals surface area contributed by atoms with Gasteiger partial charge in [-0.25, -0.2) is 4.98 Å². The number of carbonyl (C=O) groups is 1. The Balaban J connectivity index is 1.92. The van der Waals surface area contributed by atoms with E-state index in [9.17, 15) is 18.0 Å². The van der Waals surface area contributed by atoms with Gasteiger partial charge in [0, 0.05) is 12.1 Å². The molecule has 0 bridgehead atoms. The summed E-state index contributed by atoms with van der Waals surface area (Å²) in [7, 11) is 0. The van der Waals surface area contributed by atoms with E-state index in [1.807, 2.05) is 11.5 Å². The molecule has 1 aliphatic rings. The Hall–Kier alpha value is -2.51. The van der Waals surface area contributed by atoms with Crippen molar-refractivity contribution in [2.75, 3.05) is 6.54 Å². The summed E-state index contributed by atoms with van der Waals surface area (Å²) in [4.78, 5) is 18.7. The van der Waals surface area contributed by atoms with Gasteiger partial charge in [-0.3, -0.25) is 4.79 Å². The number of unbranched alkanes of at least 4 members (excludes halogenated alkanes) is 1. The highest BCUT2D eigenvalue weighted by molar-refractivity contribution is 5.94. The molecular formula is C18H20F3N3O2. The van der Waals surface area contributed by atoms with Gasteiger partial charge in [0.1, 0.15) is 5.75 Å². The van der Waals surface area contributed by atoms with Crippen molar-refractivity contribution in [3.8, 4) is 17.0 Å². The first-order chi connectivity index (χ1) is 12.3. The minimum atomic E-state index is -4.72. The van der Waals surface area contributed by atoms with Crippen LogP contribution in [0.4, 0.5) is 13.2 Å². The fourth-order valence-corrected chi connectivity index (χ4v) is 3.08. The molecule has 5 nitrogen and oxygen atoms in total. The molecule has 0 aliphatic carbocycles. The van der Waals surface area contributed by atoms with Crippen LogP contribution in [0.5, 0.6) is 5.75 Å². The van der Waals surface area contributed by atoms with Gasteiger partial charge in [-0.2, -0.15) is 0 Å². The molecular weight excluding hydrogens is 347 g/mol. The van der Waals surface area contributed by atoms with Crippen LogP contribution in [0.1, 0.15) is 43.0 Å². The number of amides is 1. The lowest BCUT2D eigenvalue weighted by molar-refractivity contribution is -0.274. The number of halogens is 3. The predicted octanol–water partition coefficient (Wildman–Crippen LogP) is 4.22. The van der Waals surface area contributed by atoms with Crippen molar-refractivity contribution in [1.82, 2.24) is 14.5 Å². The van der Waals surface area contributed by atoms with Crippen LogP contribution in [0.3, 0.4) is 0 Å². The molecule has 0 fully saturated rings. The van der Waals surface area contributed by atoms with Gasteiger partial charge < -0.3 is 14.2 Å². The van der Waals surface area contributed by atoms with E-state index < -0.39 is 6.36 Å². The first-order valence-electron chi connectivity index (χ1n) is 8.59. The number of rotatable bonds is 6. The molecule has 2 heterocycles. The molecule has 26 heavy (non-hydrogen) atoms. The summed E-state index contributed by atoms with van der Waals surface area (Å²) in [6, 6.07) is 5.66. The number of benzene rings is 1. The van der Waals surface area contributed by atoms with Gasteiger partial charge >= 0.3 is 6.36 Å². The predicted molar refractivity (Wildman–Crippen MR) is 89.7 cm³/mol. The van der Waals surface area contributed by atoms with Crippen molar-refractivity contribution in [1.29, 1.82) is 0 Å². The standard InChI is InChI=1S/C18H20F3N3O2/c1-3-5-10-23-11-24-15(14(4-2)22-16(24)17(23)25)12-6-8-13(9-7-12)26-18(19,20)21/h6-9H,3-5,10-11H2,1-2H3. The first kappa shape index (κ1) is 18.3. The Kier molecular flexibility index (Phi) is 4.93. The number of hydrogen-bond donors (Lipinski definition) is 0. The molecule has 0 spiro atoms. The number of alkyl halides is 3. The molecule has 2 aromatic rings. The van der Waals surface area contributed by atoms with Crippen LogP contribution in [0.15, 0.2) is 24.3 Å². The minimum Gasteiger partial charge on any atom is -0.406 e. The van der Waals surface area contributed by atoms with Crippen molar-refractivity contribution in [3.05, 3.63) is 35.8 Å². The Morgan fingerprint density at radius 1 is 1.19 bits per heavy atom. The molecule has 1 amide bonds. The Labute approximate surface area is 149 Å². The highest BCUT2D eigenvalue weighted by atomic mass is 19.4. The summed E-state index contributed by atoms with van der Waals surface area (Å²) in [6.07, 6.45) is -2.20. The molecule has 1 aromatic carbocycles. The highest BCUT2D eigenvalue weighted by Gasteiger charge is 2.33. The highest BCUT2D eigenvalue weighted by Crippen LogP contribution is 2.32. The molecule has 0 unspecified atom stereocenters. The maximum absolute atomic E-state index is 12.5. The number of imidazole rings is 1. The van der Waals surface area contributed by atoms with E-state index in [1.54, 1.807) is 17.0 Å². The van der Waals surface area contributed by atoms with Crippen molar-refractivity contribution in [3.63, 3.8) is 0 Å². The maximum Gasteiger partial charge on any atom is 0.573 e. The Morgan fingerprint density at radius 2 is 1.88 bits per heavy atom. The van der Waals surface area contributed by atoms with E-state index in [1.165, 1.54) is 12.1 Å². The third-order valence-corrected chi connectivity index (χ3v) is 4.31. The van der Waals surface area contributed by atoms with Crippen molar-refractivity contribution < 1.29 is 22.7 Å². The summed E-state index contributed by atoms with van der Waals surface area (Å²) in [5.41, 5.74) is 2.24. The molecule has 0 radical (unpaired) electrons. The molecule has 140 valence electrons. The number of aromatic nitrogens is 2. The molecule has 0 N–H and O–H groups in total. The van der Waals surface area contributed by atoms with Gasteiger partial charge in [-0.05, 0) is 37.1 Å². The van der Waals surface area contributed by atoms with Gasteiger partial charge in [0.25, 0.3) is 5.91 Å². The number of ether oxygens (including phenoxy) is 1. The molecule has 0 saturated carbocycles. The quantitative estimate of drug-likeness (QED) is 0.768. The lowest BCUT2D eigenvalue weighted by atomic mass is 10.1. The van der Waals surface area contributed by atoms with Gasteiger partial charge in [0.2, 0.25) is 5.82 Å². The SMILES string of the molecule is CCCCN1Cn2c(nc(CC)c2-c2ccc(OC(F)(F)F)cc2)C1=O. The summed E-state index contributed by atoms with van der Waals surface area (Å²) in [5, 5.41) is 0. The lowest BCUT2D eigenvalue weighted by Gasteiger charge is -2.16. The average Bonchev–Trinajstić information content (AvgIpc) is 3.09. The van der Waals surface area contributed by atoms with E-state index in [0.717, 1.165) is 24.2 Å². The Morgan fingerprint density at radius 3 is 2.46 bits per heavy atom. The second kappa shape index (κ2) is 7.01. The van der Waals surface area contributed by atoms with Crippen LogP contribution in [0, 0.1) is 0 Å². The monoisotopic (exact) mass is 367 g/mol. The molecule has 3 rings (SSSR count). The smallest absolute Gasteiger partial charge is 0.406 e. The largest absolute Gasteiger partial charge is 0.573 e. The third-order valence-electron chi connectivity index (χ3n) is 4.31. The molecule has 0 saturated heterocycles. The van der Waals surface area contributed by atoms with Gasteiger partial charge in [-0.15, -0.1) is 13.2 Å². The van der Waals surface area contributed by atoms with Crippen molar-refractivity contribution >= 4 is 5.91 Å². The van der Waals surface area contributed by atoms with Crippen LogP contribution in [0.25, 0.3) is 11.3 Å². The summed E-state index contributed by atoms with van der Waals surface area (Å²) in [5.74, 6) is 0.0149.